The molecule has 6 nitrogen and oxygen atoms in total. The van der Waals surface area contributed by atoms with Gasteiger partial charge in [-0.3, -0.25) is 9.69 Å². The first-order valence-corrected chi connectivity index (χ1v) is 10.9. The molecule has 3 aromatic rings. The van der Waals surface area contributed by atoms with E-state index in [9.17, 15) is 9.18 Å². The third-order valence-electron chi connectivity index (χ3n) is 5.76. The van der Waals surface area contributed by atoms with Crippen LogP contribution < -0.4 is 4.74 Å². The first-order chi connectivity index (χ1) is 15.6. The van der Waals surface area contributed by atoms with Gasteiger partial charge in [0.2, 0.25) is 11.8 Å². The number of rotatable bonds is 7. The van der Waals surface area contributed by atoms with Crippen LogP contribution in [0.5, 0.6) is 5.75 Å². The fourth-order valence-electron chi connectivity index (χ4n) is 3.91. The van der Waals surface area contributed by atoms with Gasteiger partial charge in [0, 0.05) is 44.7 Å². The Morgan fingerprint density at radius 3 is 2.59 bits per heavy atom. The first-order valence-electron chi connectivity index (χ1n) is 10.9. The molecule has 2 heterocycles. The second-order valence-corrected chi connectivity index (χ2v) is 8.01. The molecular formula is C25H28FN3O3. The summed E-state index contributed by atoms with van der Waals surface area (Å²) < 4.78 is 23.9. The minimum atomic E-state index is -0.284. The summed E-state index contributed by atoms with van der Waals surface area (Å²) in [5.41, 5.74) is 2.73. The molecule has 0 spiro atoms. The van der Waals surface area contributed by atoms with Crippen molar-refractivity contribution in [2.75, 3.05) is 33.3 Å². The highest BCUT2D eigenvalue weighted by Gasteiger charge is 2.20. The van der Waals surface area contributed by atoms with Crippen molar-refractivity contribution < 1.29 is 18.3 Å². The van der Waals surface area contributed by atoms with E-state index >= 15 is 0 Å². The first kappa shape index (κ1) is 22.0. The fraction of sp³-hybridized carbons (Fsp3) is 0.360. The number of benzene rings is 2. The lowest BCUT2D eigenvalue weighted by molar-refractivity contribution is -0.131. The number of carbonyl (C=O) groups is 1. The number of hydrogen-bond donors (Lipinski definition) is 0. The van der Waals surface area contributed by atoms with Crippen molar-refractivity contribution in [1.29, 1.82) is 0 Å². The summed E-state index contributed by atoms with van der Waals surface area (Å²) in [6.07, 6.45) is 3.82. The van der Waals surface area contributed by atoms with Crippen molar-refractivity contribution in [3.8, 4) is 17.2 Å². The Kier molecular flexibility index (Phi) is 7.17. The molecule has 0 radical (unpaired) electrons. The number of ether oxygens (including phenoxy) is 1. The average molecular weight is 438 g/mol. The number of nitrogens with zero attached hydrogens (tertiary/aromatic N) is 3. The normalized spacial score (nSPS) is 14.9. The molecule has 0 saturated carbocycles. The van der Waals surface area contributed by atoms with Gasteiger partial charge in [-0.1, -0.05) is 12.1 Å². The van der Waals surface area contributed by atoms with E-state index in [4.69, 9.17) is 9.15 Å². The van der Waals surface area contributed by atoms with E-state index in [2.05, 4.69) is 9.88 Å². The van der Waals surface area contributed by atoms with E-state index in [-0.39, 0.29) is 11.7 Å². The maximum Gasteiger partial charge on any atom is 0.226 e. The maximum atomic E-state index is 13.1. The van der Waals surface area contributed by atoms with Crippen LogP contribution in [-0.4, -0.2) is 54.0 Å². The summed E-state index contributed by atoms with van der Waals surface area (Å²) in [5.74, 6) is 1.23. The third-order valence-corrected chi connectivity index (χ3v) is 5.76. The Morgan fingerprint density at radius 1 is 1.06 bits per heavy atom. The molecule has 1 aromatic heterocycles. The lowest BCUT2D eigenvalue weighted by atomic mass is 10.1. The van der Waals surface area contributed by atoms with Crippen molar-refractivity contribution in [1.82, 2.24) is 14.8 Å². The molecule has 1 aliphatic heterocycles. The molecule has 7 heteroatoms. The zero-order chi connectivity index (χ0) is 22.3. The van der Waals surface area contributed by atoms with Crippen LogP contribution in [0.15, 0.2) is 59.2 Å². The Labute approximate surface area is 187 Å². The van der Waals surface area contributed by atoms with Crippen molar-refractivity contribution in [3.63, 3.8) is 0 Å². The zero-order valence-corrected chi connectivity index (χ0v) is 18.3. The van der Waals surface area contributed by atoms with Gasteiger partial charge in [-0.15, -0.1) is 0 Å². The van der Waals surface area contributed by atoms with Gasteiger partial charge >= 0.3 is 0 Å². The number of carbonyl (C=O) groups excluding carboxylic acids is 1. The molecule has 4 rings (SSSR count). The van der Waals surface area contributed by atoms with Crippen LogP contribution in [-0.2, 0) is 17.8 Å². The van der Waals surface area contributed by atoms with Crippen molar-refractivity contribution >= 4 is 5.91 Å². The molecule has 0 N–H and O–H groups in total. The molecule has 168 valence electrons. The van der Waals surface area contributed by atoms with E-state index in [0.29, 0.717) is 25.4 Å². The topological polar surface area (TPSA) is 58.8 Å². The third kappa shape index (κ3) is 5.73. The molecule has 0 bridgehead atoms. The van der Waals surface area contributed by atoms with Gasteiger partial charge in [0.15, 0.2) is 0 Å². The molecule has 32 heavy (non-hydrogen) atoms. The number of amides is 1. The quantitative estimate of drug-likeness (QED) is 0.556. The lowest BCUT2D eigenvalue weighted by Crippen LogP contribution is -2.35. The average Bonchev–Trinajstić information content (AvgIpc) is 3.15. The molecular weight excluding hydrogens is 409 g/mol. The summed E-state index contributed by atoms with van der Waals surface area (Å²) in [6, 6.07) is 14.0. The van der Waals surface area contributed by atoms with Gasteiger partial charge < -0.3 is 14.1 Å². The SMILES string of the molecule is COc1ccc(CCC(=O)N2CCCN(Cc3coc(-c4ccc(F)cc4)n3)CC2)cc1. The van der Waals surface area contributed by atoms with Gasteiger partial charge in [-0.05, 0) is 54.8 Å². The molecule has 2 aromatic carbocycles. The summed E-state index contributed by atoms with van der Waals surface area (Å²) in [4.78, 5) is 21.5. The number of halogens is 1. The second-order valence-electron chi connectivity index (χ2n) is 8.01. The standard InChI is InChI=1S/C25H28FN3O3/c1-31-23-10-3-19(4-11-23)5-12-24(30)29-14-2-13-28(15-16-29)17-22-18-32-25(27-22)20-6-8-21(26)9-7-20/h3-4,6-11,18H,2,5,12-17H2,1H3. The molecule has 0 atom stereocenters. The molecule has 1 aliphatic rings. The Hall–Kier alpha value is -3.19. The van der Waals surface area contributed by atoms with Gasteiger partial charge in [0.25, 0.3) is 0 Å². The van der Waals surface area contributed by atoms with E-state index in [1.807, 2.05) is 29.2 Å². The van der Waals surface area contributed by atoms with E-state index in [1.165, 1.54) is 12.1 Å². The minimum Gasteiger partial charge on any atom is -0.497 e. The van der Waals surface area contributed by atoms with Crippen LogP contribution in [0.1, 0.15) is 24.1 Å². The molecule has 0 aliphatic carbocycles. The monoisotopic (exact) mass is 437 g/mol. The number of hydrogen-bond acceptors (Lipinski definition) is 5. The second kappa shape index (κ2) is 10.4. The van der Waals surface area contributed by atoms with Crippen LogP contribution in [0, 0.1) is 5.82 Å². The number of aryl methyl sites for hydroxylation is 1. The maximum absolute atomic E-state index is 13.1. The fourth-order valence-corrected chi connectivity index (χ4v) is 3.91. The Balaban J connectivity index is 1.26. The van der Waals surface area contributed by atoms with Crippen LogP contribution >= 0.6 is 0 Å². The zero-order valence-electron chi connectivity index (χ0n) is 18.3. The molecule has 1 fully saturated rings. The number of aromatic nitrogens is 1. The molecule has 1 amide bonds. The van der Waals surface area contributed by atoms with Crippen LogP contribution in [0.2, 0.25) is 0 Å². The number of methoxy groups -OCH3 is 1. The number of oxazole rings is 1. The van der Waals surface area contributed by atoms with Crippen LogP contribution in [0.4, 0.5) is 4.39 Å². The van der Waals surface area contributed by atoms with Gasteiger partial charge in [0.1, 0.15) is 17.8 Å². The summed E-state index contributed by atoms with van der Waals surface area (Å²) >= 11 is 0. The van der Waals surface area contributed by atoms with Gasteiger partial charge in [-0.2, -0.15) is 0 Å². The lowest BCUT2D eigenvalue weighted by Gasteiger charge is -2.21. The van der Waals surface area contributed by atoms with Gasteiger partial charge in [-0.25, -0.2) is 9.37 Å². The summed E-state index contributed by atoms with van der Waals surface area (Å²) in [6.45, 7) is 3.86. The van der Waals surface area contributed by atoms with E-state index in [0.717, 1.165) is 55.0 Å². The Bertz CT molecular complexity index is 1020. The van der Waals surface area contributed by atoms with E-state index < -0.39 is 0 Å². The minimum absolute atomic E-state index is 0.197. The predicted octanol–water partition coefficient (Wildman–Crippen LogP) is 4.16. The highest BCUT2D eigenvalue weighted by atomic mass is 19.1. The predicted molar refractivity (Wildman–Crippen MR) is 120 cm³/mol. The van der Waals surface area contributed by atoms with E-state index in [1.54, 1.807) is 25.5 Å². The summed E-state index contributed by atoms with van der Waals surface area (Å²) in [5, 5.41) is 0. The smallest absolute Gasteiger partial charge is 0.226 e. The van der Waals surface area contributed by atoms with Gasteiger partial charge in [0.05, 0.1) is 12.8 Å². The molecule has 1 saturated heterocycles. The highest BCUT2D eigenvalue weighted by molar-refractivity contribution is 5.76. The summed E-state index contributed by atoms with van der Waals surface area (Å²) in [7, 11) is 1.65. The van der Waals surface area contributed by atoms with Crippen LogP contribution in [0.3, 0.4) is 0 Å². The van der Waals surface area contributed by atoms with Crippen molar-refractivity contribution in [2.24, 2.45) is 0 Å². The Morgan fingerprint density at radius 2 is 1.84 bits per heavy atom. The van der Waals surface area contributed by atoms with Crippen LogP contribution in [0.25, 0.3) is 11.5 Å². The van der Waals surface area contributed by atoms with Crippen molar-refractivity contribution in [2.45, 2.75) is 25.8 Å². The van der Waals surface area contributed by atoms with Crippen molar-refractivity contribution in [3.05, 3.63) is 71.9 Å². The molecule has 0 unspecified atom stereocenters. The largest absolute Gasteiger partial charge is 0.497 e. The highest BCUT2D eigenvalue weighted by Crippen LogP contribution is 2.20.